The quantitative estimate of drug-likeness (QED) is 0.772. The molecule has 0 aliphatic carbocycles. The molecule has 0 unspecified atom stereocenters. The van der Waals surface area contributed by atoms with Crippen LogP contribution in [0, 0.1) is 0 Å². The van der Waals surface area contributed by atoms with E-state index in [1.807, 2.05) is 32.0 Å². The Morgan fingerprint density at radius 2 is 2.00 bits per heavy atom. The first-order valence-electron chi connectivity index (χ1n) is 6.79. The van der Waals surface area contributed by atoms with Crippen LogP contribution in [0.3, 0.4) is 0 Å². The molecule has 98 valence electrons. The fourth-order valence-corrected chi connectivity index (χ4v) is 2.53. The zero-order valence-electron chi connectivity index (χ0n) is 11.3. The number of carbonyl (C=O) groups excluding carboxylic acids is 1. The number of rotatable bonds is 4. The first-order valence-corrected chi connectivity index (χ1v) is 6.79. The minimum absolute atomic E-state index is 0.162. The summed E-state index contributed by atoms with van der Waals surface area (Å²) in [4.78, 5) is 13.9. The van der Waals surface area contributed by atoms with Gasteiger partial charge in [0, 0.05) is 11.8 Å². The van der Waals surface area contributed by atoms with Crippen LogP contribution in [0.2, 0.25) is 0 Å². The van der Waals surface area contributed by atoms with Crippen LogP contribution in [0.4, 0.5) is 11.4 Å². The van der Waals surface area contributed by atoms with Gasteiger partial charge < -0.3 is 4.74 Å². The van der Waals surface area contributed by atoms with Gasteiger partial charge in [-0.2, -0.15) is 0 Å². The van der Waals surface area contributed by atoms with E-state index in [1.165, 1.54) is 0 Å². The molecule has 1 aliphatic rings. The minimum Gasteiger partial charge on any atom is -0.492 e. The third-order valence-corrected chi connectivity index (χ3v) is 3.37. The summed E-state index contributed by atoms with van der Waals surface area (Å²) in [6.07, 6.45) is 1.44. The number of ether oxygens (including phenoxy) is 1. The SMILES string of the molecule is CCCC(=O)N1c2c(OCC)cc3ccccc3c21. The molecule has 0 aromatic heterocycles. The molecule has 1 heterocycles. The molecule has 0 saturated carbocycles. The highest BCUT2D eigenvalue weighted by atomic mass is 16.5. The van der Waals surface area contributed by atoms with Crippen LogP contribution in [0.25, 0.3) is 10.8 Å². The van der Waals surface area contributed by atoms with Crippen LogP contribution in [0.15, 0.2) is 30.3 Å². The molecule has 1 aliphatic heterocycles. The summed E-state index contributed by atoms with van der Waals surface area (Å²) in [5, 5.41) is 2.25. The number of fused-ring (bicyclic) bond motifs is 3. The molecular formula is C16H17NO2. The predicted octanol–water partition coefficient (Wildman–Crippen LogP) is 4.02. The molecule has 2 aromatic carbocycles. The average molecular weight is 255 g/mol. The number of carbonyl (C=O) groups is 1. The van der Waals surface area contributed by atoms with Crippen molar-refractivity contribution in [3.63, 3.8) is 0 Å². The summed E-state index contributed by atoms with van der Waals surface area (Å²) in [6, 6.07) is 10.1. The fourth-order valence-electron chi connectivity index (χ4n) is 2.53. The molecule has 0 saturated heterocycles. The number of benzene rings is 2. The highest BCUT2D eigenvalue weighted by Gasteiger charge is 2.40. The molecule has 1 amide bonds. The minimum atomic E-state index is 0.162. The zero-order valence-corrected chi connectivity index (χ0v) is 11.3. The van der Waals surface area contributed by atoms with Crippen molar-refractivity contribution in [2.24, 2.45) is 0 Å². The van der Waals surface area contributed by atoms with Gasteiger partial charge in [-0.05, 0) is 24.8 Å². The van der Waals surface area contributed by atoms with Crippen molar-refractivity contribution >= 4 is 28.1 Å². The van der Waals surface area contributed by atoms with Crippen molar-refractivity contribution in [2.75, 3.05) is 11.5 Å². The lowest BCUT2D eigenvalue weighted by atomic mass is 10.1. The van der Waals surface area contributed by atoms with Gasteiger partial charge in [-0.3, -0.25) is 9.69 Å². The maximum absolute atomic E-state index is 12.1. The number of hydrogen-bond donors (Lipinski definition) is 0. The lowest BCUT2D eigenvalue weighted by Crippen LogP contribution is -2.12. The first-order chi connectivity index (χ1) is 9.27. The van der Waals surface area contributed by atoms with E-state index in [0.717, 1.165) is 34.3 Å². The standard InChI is InChI=1S/C16H17NO2/c1-3-7-14(18)17-15-12-9-6-5-8-11(12)10-13(16(15)17)19-4-2/h5-6,8-10H,3-4,7H2,1-2H3. The molecule has 0 N–H and O–H groups in total. The second kappa shape index (κ2) is 4.57. The molecular weight excluding hydrogens is 238 g/mol. The summed E-state index contributed by atoms with van der Waals surface area (Å²) >= 11 is 0. The van der Waals surface area contributed by atoms with E-state index in [9.17, 15) is 4.79 Å². The second-order valence-corrected chi connectivity index (χ2v) is 4.71. The van der Waals surface area contributed by atoms with Crippen molar-refractivity contribution in [3.8, 4) is 5.75 Å². The fraction of sp³-hybridized carbons (Fsp3) is 0.312. The summed E-state index contributed by atoms with van der Waals surface area (Å²) in [7, 11) is 0. The molecule has 0 spiro atoms. The smallest absolute Gasteiger partial charge is 0.231 e. The van der Waals surface area contributed by atoms with Gasteiger partial charge in [0.25, 0.3) is 0 Å². The first kappa shape index (κ1) is 12.0. The van der Waals surface area contributed by atoms with E-state index in [1.54, 1.807) is 4.90 Å². The van der Waals surface area contributed by atoms with Gasteiger partial charge in [-0.15, -0.1) is 0 Å². The summed E-state index contributed by atoms with van der Waals surface area (Å²) in [6.45, 7) is 4.59. The van der Waals surface area contributed by atoms with Gasteiger partial charge in [0.1, 0.15) is 11.4 Å². The lowest BCUT2D eigenvalue weighted by Gasteiger charge is -2.03. The van der Waals surface area contributed by atoms with Crippen molar-refractivity contribution < 1.29 is 9.53 Å². The van der Waals surface area contributed by atoms with Crippen LogP contribution in [-0.4, -0.2) is 12.5 Å². The number of hydrogen-bond acceptors (Lipinski definition) is 2. The van der Waals surface area contributed by atoms with Gasteiger partial charge in [-0.1, -0.05) is 31.2 Å². The Kier molecular flexibility index (Phi) is 2.90. The summed E-state index contributed by atoms with van der Waals surface area (Å²) in [5.74, 6) is 0.982. The molecule has 0 bridgehead atoms. The molecule has 3 nitrogen and oxygen atoms in total. The van der Waals surface area contributed by atoms with Crippen LogP contribution >= 0.6 is 0 Å². The Morgan fingerprint density at radius 3 is 2.74 bits per heavy atom. The Morgan fingerprint density at radius 1 is 1.21 bits per heavy atom. The number of anilines is 2. The topological polar surface area (TPSA) is 29.3 Å². The van der Waals surface area contributed by atoms with Gasteiger partial charge in [-0.25, -0.2) is 0 Å². The van der Waals surface area contributed by atoms with Gasteiger partial charge >= 0.3 is 0 Å². The maximum Gasteiger partial charge on any atom is 0.231 e. The summed E-state index contributed by atoms with van der Waals surface area (Å²) < 4.78 is 5.66. The average Bonchev–Trinajstić information content (AvgIpc) is 3.15. The Labute approximate surface area is 112 Å². The van der Waals surface area contributed by atoms with E-state index in [2.05, 4.69) is 12.1 Å². The van der Waals surface area contributed by atoms with E-state index >= 15 is 0 Å². The van der Waals surface area contributed by atoms with Gasteiger partial charge in [0.05, 0.1) is 12.3 Å². The Balaban J connectivity index is 2.09. The van der Waals surface area contributed by atoms with Crippen LogP contribution in [-0.2, 0) is 4.79 Å². The zero-order chi connectivity index (χ0) is 13.4. The van der Waals surface area contributed by atoms with Crippen LogP contribution in [0.5, 0.6) is 5.75 Å². The Hall–Kier alpha value is -2.03. The molecule has 0 fully saturated rings. The van der Waals surface area contributed by atoms with E-state index in [-0.39, 0.29) is 5.91 Å². The third kappa shape index (κ3) is 1.86. The molecule has 0 atom stereocenters. The van der Waals surface area contributed by atoms with Gasteiger partial charge in [0.2, 0.25) is 5.91 Å². The largest absolute Gasteiger partial charge is 0.492 e. The van der Waals surface area contributed by atoms with Crippen molar-refractivity contribution in [1.29, 1.82) is 0 Å². The maximum atomic E-state index is 12.1. The molecule has 0 radical (unpaired) electrons. The van der Waals surface area contributed by atoms with Crippen molar-refractivity contribution in [2.45, 2.75) is 26.7 Å². The van der Waals surface area contributed by atoms with Crippen LogP contribution < -0.4 is 9.64 Å². The third-order valence-electron chi connectivity index (χ3n) is 3.37. The molecule has 3 heteroatoms. The molecule has 2 aromatic rings. The molecule has 19 heavy (non-hydrogen) atoms. The number of amides is 1. The van der Waals surface area contributed by atoms with E-state index in [4.69, 9.17) is 4.74 Å². The van der Waals surface area contributed by atoms with E-state index in [0.29, 0.717) is 13.0 Å². The van der Waals surface area contributed by atoms with E-state index < -0.39 is 0 Å². The van der Waals surface area contributed by atoms with Crippen molar-refractivity contribution in [1.82, 2.24) is 0 Å². The second-order valence-electron chi connectivity index (χ2n) is 4.71. The highest BCUT2D eigenvalue weighted by Crippen LogP contribution is 2.58. The van der Waals surface area contributed by atoms with Crippen molar-refractivity contribution in [3.05, 3.63) is 30.3 Å². The monoisotopic (exact) mass is 255 g/mol. The normalized spacial score (nSPS) is 12.4. The Bertz CT molecular complexity index is 648. The number of nitrogens with zero attached hydrogens (tertiary/aromatic N) is 1. The summed E-state index contributed by atoms with van der Waals surface area (Å²) in [5.41, 5.74) is 1.99. The van der Waals surface area contributed by atoms with Gasteiger partial charge in [0.15, 0.2) is 0 Å². The highest BCUT2D eigenvalue weighted by molar-refractivity contribution is 6.26. The van der Waals surface area contributed by atoms with Crippen LogP contribution in [0.1, 0.15) is 26.7 Å². The lowest BCUT2D eigenvalue weighted by molar-refractivity contribution is -0.117. The predicted molar refractivity (Wildman–Crippen MR) is 77.2 cm³/mol. The molecule has 3 rings (SSSR count).